The van der Waals surface area contributed by atoms with Crippen LogP contribution in [0.5, 0.6) is 0 Å². The van der Waals surface area contributed by atoms with Crippen LogP contribution >= 0.6 is 11.8 Å². The van der Waals surface area contributed by atoms with Gasteiger partial charge in [0.15, 0.2) is 5.78 Å². The zero-order valence-corrected chi connectivity index (χ0v) is 12.5. The molecule has 4 heteroatoms. The first-order valence-corrected chi connectivity index (χ1v) is 8.15. The number of Topliss-reactive ketones (excluding diaryl/α,β-unsaturated/α-hetero) is 1. The van der Waals surface area contributed by atoms with Crippen molar-refractivity contribution in [3.8, 4) is 0 Å². The van der Waals surface area contributed by atoms with Gasteiger partial charge in [0, 0.05) is 10.9 Å². The molecule has 1 unspecified atom stereocenters. The summed E-state index contributed by atoms with van der Waals surface area (Å²) in [4.78, 5) is 27.5. The van der Waals surface area contributed by atoms with Crippen LogP contribution in [0, 0.1) is 0 Å². The molecule has 1 saturated carbocycles. The summed E-state index contributed by atoms with van der Waals surface area (Å²) in [5.74, 6) is -0.0663. The van der Waals surface area contributed by atoms with E-state index in [-0.39, 0.29) is 17.7 Å². The highest BCUT2D eigenvalue weighted by atomic mass is 32.2. The van der Waals surface area contributed by atoms with Gasteiger partial charge in [-0.25, -0.2) is 0 Å². The van der Waals surface area contributed by atoms with Crippen molar-refractivity contribution in [2.24, 2.45) is 0 Å². The number of rotatable bonds is 2. The first-order valence-electron chi connectivity index (χ1n) is 7.27. The minimum atomic E-state index is -0.563. The number of ketones is 1. The first kappa shape index (κ1) is 13.7. The Hall–Kier alpha value is -1.29. The van der Waals surface area contributed by atoms with Crippen molar-refractivity contribution >= 4 is 29.1 Å². The van der Waals surface area contributed by atoms with E-state index in [0.717, 1.165) is 23.4 Å². The summed E-state index contributed by atoms with van der Waals surface area (Å²) in [6, 6.07) is 8.22. The molecule has 1 fully saturated rings. The highest BCUT2D eigenvalue weighted by Gasteiger charge is 2.39. The molecule has 0 radical (unpaired) electrons. The van der Waals surface area contributed by atoms with E-state index in [1.54, 1.807) is 0 Å². The van der Waals surface area contributed by atoms with Gasteiger partial charge in [-0.05, 0) is 31.9 Å². The van der Waals surface area contributed by atoms with Crippen LogP contribution in [0.15, 0.2) is 29.2 Å². The Morgan fingerprint density at radius 3 is 2.60 bits per heavy atom. The summed E-state index contributed by atoms with van der Waals surface area (Å²) < 4.78 is 0. The number of anilines is 1. The molecule has 1 aromatic carbocycles. The Balaban J connectivity index is 2.00. The molecule has 1 aliphatic heterocycles. The average Bonchev–Trinajstić information content (AvgIpc) is 2.47. The van der Waals surface area contributed by atoms with E-state index in [2.05, 4.69) is 0 Å². The standard InChI is InChI=1S/C16H19NO2S/c1-11(18)15-16(19)17(12-7-3-2-4-8-12)13-9-5-6-10-14(13)20-15/h5-6,9-10,12,15H,2-4,7-8H2,1H3. The second-order valence-electron chi connectivity index (χ2n) is 5.58. The number of nitrogens with zero attached hydrogens (tertiary/aromatic N) is 1. The Kier molecular flexibility index (Phi) is 3.83. The highest BCUT2D eigenvalue weighted by Crippen LogP contribution is 2.42. The van der Waals surface area contributed by atoms with Gasteiger partial charge in [0.2, 0.25) is 5.91 Å². The monoisotopic (exact) mass is 289 g/mol. The lowest BCUT2D eigenvalue weighted by Crippen LogP contribution is -2.49. The zero-order valence-electron chi connectivity index (χ0n) is 11.7. The molecule has 0 saturated heterocycles. The zero-order chi connectivity index (χ0) is 14.1. The van der Waals surface area contributed by atoms with E-state index < -0.39 is 5.25 Å². The second kappa shape index (κ2) is 5.60. The van der Waals surface area contributed by atoms with Gasteiger partial charge >= 0.3 is 0 Å². The molecular weight excluding hydrogens is 270 g/mol. The topological polar surface area (TPSA) is 37.4 Å². The van der Waals surface area contributed by atoms with E-state index >= 15 is 0 Å². The summed E-state index contributed by atoms with van der Waals surface area (Å²) in [6.07, 6.45) is 5.71. The maximum atomic E-state index is 12.7. The molecule has 2 aliphatic rings. The fraction of sp³-hybridized carbons (Fsp3) is 0.500. The summed E-state index contributed by atoms with van der Waals surface area (Å²) in [6.45, 7) is 1.52. The van der Waals surface area contributed by atoms with Crippen LogP contribution in [0.1, 0.15) is 39.0 Å². The van der Waals surface area contributed by atoms with Crippen LogP contribution in [0.25, 0.3) is 0 Å². The highest BCUT2D eigenvalue weighted by molar-refractivity contribution is 8.01. The van der Waals surface area contributed by atoms with Gasteiger partial charge in [-0.1, -0.05) is 31.4 Å². The average molecular weight is 289 g/mol. The van der Waals surface area contributed by atoms with E-state index in [0.29, 0.717) is 0 Å². The molecule has 1 aliphatic carbocycles. The van der Waals surface area contributed by atoms with Crippen molar-refractivity contribution in [2.45, 2.75) is 55.2 Å². The Morgan fingerprint density at radius 1 is 1.20 bits per heavy atom. The van der Waals surface area contributed by atoms with Gasteiger partial charge in [-0.15, -0.1) is 11.8 Å². The van der Waals surface area contributed by atoms with E-state index in [1.165, 1.54) is 37.9 Å². The summed E-state index contributed by atoms with van der Waals surface area (Å²) >= 11 is 1.40. The molecule has 20 heavy (non-hydrogen) atoms. The number of hydrogen-bond acceptors (Lipinski definition) is 3. The van der Waals surface area contributed by atoms with E-state index in [9.17, 15) is 9.59 Å². The second-order valence-corrected chi connectivity index (χ2v) is 6.72. The predicted molar refractivity (Wildman–Crippen MR) is 81.1 cm³/mol. The van der Waals surface area contributed by atoms with Gasteiger partial charge in [-0.2, -0.15) is 0 Å². The lowest BCUT2D eigenvalue weighted by atomic mass is 9.93. The number of hydrogen-bond donors (Lipinski definition) is 0. The predicted octanol–water partition coefficient (Wildman–Crippen LogP) is 3.42. The maximum absolute atomic E-state index is 12.7. The molecular formula is C16H19NO2S. The Bertz CT molecular complexity index is 537. The maximum Gasteiger partial charge on any atom is 0.248 e. The van der Waals surface area contributed by atoms with Crippen LogP contribution in [-0.2, 0) is 9.59 Å². The van der Waals surface area contributed by atoms with E-state index in [4.69, 9.17) is 0 Å². The van der Waals surface area contributed by atoms with Crippen molar-refractivity contribution in [2.75, 3.05) is 4.90 Å². The number of carbonyl (C=O) groups excluding carboxylic acids is 2. The SMILES string of the molecule is CC(=O)C1Sc2ccccc2N(C2CCCCC2)C1=O. The van der Waals surface area contributed by atoms with Crippen molar-refractivity contribution in [1.82, 2.24) is 0 Å². The van der Waals surface area contributed by atoms with E-state index in [1.807, 2.05) is 29.2 Å². The Labute approximate surface area is 123 Å². The van der Waals surface area contributed by atoms with Crippen molar-refractivity contribution < 1.29 is 9.59 Å². The van der Waals surface area contributed by atoms with Gasteiger partial charge in [0.05, 0.1) is 5.69 Å². The van der Waals surface area contributed by atoms with Crippen LogP contribution in [0.2, 0.25) is 0 Å². The van der Waals surface area contributed by atoms with Crippen molar-refractivity contribution in [3.63, 3.8) is 0 Å². The molecule has 106 valence electrons. The minimum Gasteiger partial charge on any atom is -0.307 e. The van der Waals surface area contributed by atoms with Gasteiger partial charge in [-0.3, -0.25) is 9.59 Å². The number of para-hydroxylation sites is 1. The summed E-state index contributed by atoms with van der Waals surface area (Å²) in [5, 5.41) is -0.563. The largest absolute Gasteiger partial charge is 0.307 e. The smallest absolute Gasteiger partial charge is 0.248 e. The van der Waals surface area contributed by atoms with Crippen LogP contribution < -0.4 is 4.90 Å². The quantitative estimate of drug-likeness (QED) is 0.783. The van der Waals surface area contributed by atoms with Crippen LogP contribution in [0.4, 0.5) is 5.69 Å². The minimum absolute atomic E-state index is 0.0203. The fourth-order valence-corrected chi connectivity index (χ4v) is 4.23. The Morgan fingerprint density at radius 2 is 1.90 bits per heavy atom. The number of fused-ring (bicyclic) bond motifs is 1. The lowest BCUT2D eigenvalue weighted by Gasteiger charge is -2.39. The van der Waals surface area contributed by atoms with Gasteiger partial charge < -0.3 is 4.90 Å². The first-order chi connectivity index (χ1) is 9.68. The molecule has 0 bridgehead atoms. The number of amides is 1. The van der Waals surface area contributed by atoms with Crippen molar-refractivity contribution in [3.05, 3.63) is 24.3 Å². The van der Waals surface area contributed by atoms with Crippen LogP contribution in [-0.4, -0.2) is 23.0 Å². The van der Waals surface area contributed by atoms with Crippen LogP contribution in [0.3, 0.4) is 0 Å². The normalized spacial score (nSPS) is 23.6. The molecule has 1 aromatic rings. The molecule has 3 nitrogen and oxygen atoms in total. The number of benzene rings is 1. The lowest BCUT2D eigenvalue weighted by molar-refractivity contribution is -0.125. The third-order valence-corrected chi connectivity index (χ3v) is 5.51. The fourth-order valence-electron chi connectivity index (χ4n) is 3.15. The number of thioether (sulfide) groups is 1. The van der Waals surface area contributed by atoms with Gasteiger partial charge in [0.1, 0.15) is 5.25 Å². The third-order valence-electron chi connectivity index (χ3n) is 4.14. The third kappa shape index (κ3) is 2.37. The van der Waals surface area contributed by atoms with Crippen molar-refractivity contribution in [1.29, 1.82) is 0 Å². The summed E-state index contributed by atoms with van der Waals surface area (Å²) in [7, 11) is 0. The molecule has 1 heterocycles. The molecule has 0 N–H and O–H groups in total. The summed E-state index contributed by atoms with van der Waals surface area (Å²) in [5.41, 5.74) is 0.993. The molecule has 0 spiro atoms. The molecule has 1 atom stereocenters. The number of carbonyl (C=O) groups is 2. The van der Waals surface area contributed by atoms with Gasteiger partial charge in [0.25, 0.3) is 0 Å². The molecule has 3 rings (SSSR count). The molecule has 1 amide bonds. The molecule has 0 aromatic heterocycles.